The predicted octanol–water partition coefficient (Wildman–Crippen LogP) is 9.53. The van der Waals surface area contributed by atoms with Gasteiger partial charge < -0.3 is 0 Å². The van der Waals surface area contributed by atoms with E-state index in [1.807, 2.05) is 22.8 Å². The second kappa shape index (κ2) is 9.12. The molecule has 0 N–H and O–H groups in total. The lowest BCUT2D eigenvalue weighted by Gasteiger charge is -2.23. The summed E-state index contributed by atoms with van der Waals surface area (Å²) in [4.78, 5) is 5.42. The van der Waals surface area contributed by atoms with Crippen LogP contribution in [0.2, 0.25) is 0 Å². The molecule has 0 spiro atoms. The van der Waals surface area contributed by atoms with E-state index in [9.17, 15) is 8.42 Å². The van der Waals surface area contributed by atoms with Crippen LogP contribution in [0.25, 0.3) is 71.3 Å². The Bertz CT molecular complexity index is 2550. The van der Waals surface area contributed by atoms with Crippen LogP contribution in [0.5, 0.6) is 0 Å². The number of aromatic nitrogens is 2. The smallest absolute Gasteiger partial charge is 0.210 e. The van der Waals surface area contributed by atoms with Gasteiger partial charge in [-0.05, 0) is 78.8 Å². The molecule has 9 rings (SSSR count). The average molecular weight is 587 g/mol. The fraction of sp³-hybridized carbons (Fsp3) is 0.0513. The van der Waals surface area contributed by atoms with Crippen LogP contribution >= 0.6 is 0 Å². The van der Waals surface area contributed by atoms with Crippen LogP contribution < -0.4 is 0 Å². The number of fused-ring (bicyclic) bond motifs is 5. The second-order valence-corrected chi connectivity index (χ2v) is 13.3. The summed E-state index contributed by atoms with van der Waals surface area (Å²) in [7, 11) is -3.78. The van der Waals surface area contributed by atoms with Crippen molar-refractivity contribution in [1.29, 1.82) is 0 Å². The van der Waals surface area contributed by atoms with Gasteiger partial charge in [0.15, 0.2) is 0 Å². The number of sulfone groups is 1. The minimum Gasteiger partial charge on any atom is -0.294 e. The van der Waals surface area contributed by atoms with Crippen molar-refractivity contribution in [2.45, 2.75) is 23.1 Å². The fourth-order valence-electron chi connectivity index (χ4n) is 7.22. The number of imidazole rings is 1. The van der Waals surface area contributed by atoms with Gasteiger partial charge in [-0.3, -0.25) is 4.57 Å². The Balaban J connectivity index is 1.38. The maximum Gasteiger partial charge on any atom is 0.210 e. The zero-order valence-corrected chi connectivity index (χ0v) is 24.8. The van der Waals surface area contributed by atoms with Gasteiger partial charge in [-0.15, -0.1) is 0 Å². The van der Waals surface area contributed by atoms with Crippen molar-refractivity contribution in [2.75, 3.05) is 0 Å². The Morgan fingerprint density at radius 3 is 1.93 bits per heavy atom. The highest BCUT2D eigenvalue weighted by atomic mass is 32.2. The Kier molecular flexibility index (Phi) is 5.23. The van der Waals surface area contributed by atoms with E-state index in [-0.39, 0.29) is 0 Å². The van der Waals surface area contributed by atoms with E-state index >= 15 is 0 Å². The van der Waals surface area contributed by atoms with Gasteiger partial charge in [0, 0.05) is 6.42 Å². The van der Waals surface area contributed by atoms with Gasteiger partial charge in [-0.25, -0.2) is 13.4 Å². The average Bonchev–Trinajstić information content (AvgIpc) is 3.45. The number of benzene rings is 7. The summed E-state index contributed by atoms with van der Waals surface area (Å²) in [5.74, 6) is 0.853. The molecule has 0 amide bonds. The molecule has 0 unspecified atom stereocenters. The molecule has 0 fully saturated rings. The van der Waals surface area contributed by atoms with Crippen LogP contribution in [-0.2, 0) is 16.3 Å². The molecule has 0 atom stereocenters. The van der Waals surface area contributed by atoms with E-state index in [0.29, 0.717) is 32.9 Å². The molecule has 5 heteroatoms. The molecule has 0 saturated carbocycles. The Morgan fingerprint density at radius 1 is 0.614 bits per heavy atom. The molecule has 44 heavy (non-hydrogen) atoms. The summed E-state index contributed by atoms with van der Waals surface area (Å²) in [6, 6.07) is 43.2. The summed E-state index contributed by atoms with van der Waals surface area (Å²) in [5, 5.41) is 6.84. The third-order valence-corrected chi connectivity index (χ3v) is 10.9. The normalized spacial score (nSPS) is 13.6. The summed E-state index contributed by atoms with van der Waals surface area (Å²) < 4.78 is 30.5. The first-order chi connectivity index (χ1) is 21.6. The van der Waals surface area contributed by atoms with E-state index in [1.165, 1.54) is 21.9 Å². The maximum atomic E-state index is 14.2. The highest BCUT2D eigenvalue weighted by molar-refractivity contribution is 7.92. The third kappa shape index (κ3) is 3.33. The highest BCUT2D eigenvalue weighted by Crippen LogP contribution is 2.47. The number of rotatable bonds is 3. The quantitative estimate of drug-likeness (QED) is 0.194. The first-order valence-electron chi connectivity index (χ1n) is 14.9. The van der Waals surface area contributed by atoms with Gasteiger partial charge in [0.05, 0.1) is 26.5 Å². The fourth-order valence-corrected chi connectivity index (χ4v) is 8.88. The van der Waals surface area contributed by atoms with Crippen LogP contribution in [0.15, 0.2) is 137 Å². The van der Waals surface area contributed by atoms with Crippen molar-refractivity contribution in [1.82, 2.24) is 9.55 Å². The number of hydrogen-bond donors (Lipinski definition) is 0. The molecule has 0 radical (unpaired) electrons. The van der Waals surface area contributed by atoms with Crippen LogP contribution in [0.1, 0.15) is 12.7 Å². The minimum atomic E-state index is -3.78. The lowest BCUT2D eigenvalue weighted by atomic mass is 9.85. The molecule has 1 aliphatic heterocycles. The molecule has 1 aromatic heterocycles. The second-order valence-electron chi connectivity index (χ2n) is 11.4. The van der Waals surface area contributed by atoms with Crippen LogP contribution in [-0.4, -0.2) is 18.0 Å². The van der Waals surface area contributed by atoms with E-state index in [2.05, 4.69) is 104 Å². The summed E-state index contributed by atoms with van der Waals surface area (Å²) in [6.07, 6.45) is 0.695. The summed E-state index contributed by atoms with van der Waals surface area (Å²) in [5.41, 5.74) is 6.31. The first-order valence-corrected chi connectivity index (χ1v) is 16.4. The van der Waals surface area contributed by atoms with Crippen molar-refractivity contribution in [3.63, 3.8) is 0 Å². The van der Waals surface area contributed by atoms with Gasteiger partial charge >= 0.3 is 0 Å². The largest absolute Gasteiger partial charge is 0.294 e. The van der Waals surface area contributed by atoms with Crippen molar-refractivity contribution in [2.24, 2.45) is 0 Å². The van der Waals surface area contributed by atoms with Crippen molar-refractivity contribution < 1.29 is 8.42 Å². The van der Waals surface area contributed by atoms with E-state index < -0.39 is 9.84 Å². The van der Waals surface area contributed by atoms with Gasteiger partial charge in [0.25, 0.3) is 0 Å². The van der Waals surface area contributed by atoms with Gasteiger partial charge in [0.1, 0.15) is 5.82 Å². The Hall–Kier alpha value is -5.26. The van der Waals surface area contributed by atoms with E-state index in [1.54, 1.807) is 12.1 Å². The molecule has 4 nitrogen and oxygen atoms in total. The first kappa shape index (κ1) is 25.3. The lowest BCUT2D eigenvalue weighted by Crippen LogP contribution is -2.16. The van der Waals surface area contributed by atoms with E-state index in [4.69, 9.17) is 4.98 Å². The molecule has 7 aromatic carbocycles. The molecule has 1 aliphatic rings. The minimum absolute atomic E-state index is 0.313. The number of aryl methyl sites for hydroxylation is 1. The standard InChI is InChI=1S/C39H26N2O2S/c1-2-36-40-32-19-10-20-34-39(32)41(36)33-22-21-25(23-35(33)44(34,42)43)37-28-14-5-7-16-30(28)38(31-17-8-6-15-29(31)37)27-18-9-12-24-11-3-4-13-26(24)27/h3-23H,2H2,1H3. The van der Waals surface area contributed by atoms with E-state index in [0.717, 1.165) is 38.5 Å². The Labute approximate surface area is 254 Å². The van der Waals surface area contributed by atoms with Crippen molar-refractivity contribution in [3.05, 3.63) is 133 Å². The lowest BCUT2D eigenvalue weighted by molar-refractivity contribution is 0.594. The molecule has 0 bridgehead atoms. The predicted molar refractivity (Wildman–Crippen MR) is 179 cm³/mol. The zero-order chi connectivity index (χ0) is 29.6. The monoisotopic (exact) mass is 586 g/mol. The van der Waals surface area contributed by atoms with Crippen molar-refractivity contribution in [3.8, 4) is 27.9 Å². The van der Waals surface area contributed by atoms with Crippen LogP contribution in [0.3, 0.4) is 0 Å². The number of nitrogens with zero attached hydrogens (tertiary/aromatic N) is 2. The number of para-hydroxylation sites is 1. The molecular formula is C39H26N2O2S. The maximum absolute atomic E-state index is 14.2. The molecule has 0 aliphatic carbocycles. The molecule has 2 heterocycles. The molecule has 0 saturated heterocycles. The van der Waals surface area contributed by atoms with Gasteiger partial charge in [-0.2, -0.15) is 0 Å². The molecular weight excluding hydrogens is 561 g/mol. The molecule has 8 aromatic rings. The highest BCUT2D eigenvalue weighted by Gasteiger charge is 2.33. The van der Waals surface area contributed by atoms with Crippen molar-refractivity contribution >= 4 is 53.2 Å². The Morgan fingerprint density at radius 2 is 1.23 bits per heavy atom. The summed E-state index contributed by atoms with van der Waals surface area (Å²) in [6.45, 7) is 2.05. The zero-order valence-electron chi connectivity index (χ0n) is 24.0. The number of hydrogen-bond acceptors (Lipinski definition) is 3. The van der Waals surface area contributed by atoms with Gasteiger partial charge in [-0.1, -0.05) is 110 Å². The topological polar surface area (TPSA) is 52.0 Å². The SMILES string of the molecule is CCc1nc2cccc3c2n1-c1ccc(-c2c4ccccc4c(-c4cccc5ccccc45)c4ccccc24)cc1S3(=O)=O. The van der Waals surface area contributed by atoms with Gasteiger partial charge in [0.2, 0.25) is 9.84 Å². The van der Waals surface area contributed by atoms with Crippen LogP contribution in [0, 0.1) is 0 Å². The molecule has 210 valence electrons. The third-order valence-electron chi connectivity index (χ3n) is 9.08. The van der Waals surface area contributed by atoms with Crippen LogP contribution in [0.4, 0.5) is 0 Å². The summed E-state index contributed by atoms with van der Waals surface area (Å²) >= 11 is 0.